The maximum absolute atomic E-state index is 13.5. The van der Waals surface area contributed by atoms with Crippen LogP contribution in [0.15, 0.2) is 91.0 Å². The first-order chi connectivity index (χ1) is 15.2. The largest absolute Gasteiger partial charge is 0.349 e. The number of benzene rings is 3. The van der Waals surface area contributed by atoms with Gasteiger partial charge >= 0.3 is 0 Å². The average molecular weight is 447 g/mol. The topological polar surface area (TPSA) is 49.4 Å². The van der Waals surface area contributed by atoms with Crippen LogP contribution < -0.4 is 10.2 Å². The highest BCUT2D eigenvalue weighted by atomic mass is 35.5. The molecule has 4 nitrogen and oxygen atoms in total. The van der Waals surface area contributed by atoms with Crippen LogP contribution in [-0.4, -0.2) is 17.4 Å². The Hall–Kier alpha value is -3.37. The smallest absolute Gasteiger partial charge is 0.252 e. The molecule has 0 aromatic heterocycles. The van der Waals surface area contributed by atoms with Gasteiger partial charge in [0.15, 0.2) is 0 Å². The lowest BCUT2D eigenvalue weighted by atomic mass is 10.0. The SMILES string of the molecule is CC(C)(C)NC(=O)C(c1ccc(Cl)cc1)N(C(=O)/C=C/c1ccccc1)c1ccccc1. The number of carbonyl (C=O) groups excluding carboxylic acids is 2. The molecule has 0 aliphatic carbocycles. The van der Waals surface area contributed by atoms with E-state index < -0.39 is 11.6 Å². The molecule has 0 spiro atoms. The zero-order valence-corrected chi connectivity index (χ0v) is 19.2. The van der Waals surface area contributed by atoms with Crippen LogP contribution in [0.25, 0.3) is 6.08 Å². The van der Waals surface area contributed by atoms with Crippen LogP contribution in [0.3, 0.4) is 0 Å². The Bertz CT molecular complexity index is 1070. The van der Waals surface area contributed by atoms with Gasteiger partial charge < -0.3 is 5.32 Å². The van der Waals surface area contributed by atoms with E-state index in [-0.39, 0.29) is 11.8 Å². The van der Waals surface area contributed by atoms with Crippen LogP contribution in [0.5, 0.6) is 0 Å². The molecule has 2 amide bonds. The molecule has 0 heterocycles. The van der Waals surface area contributed by atoms with E-state index in [1.807, 2.05) is 81.4 Å². The van der Waals surface area contributed by atoms with Crippen molar-refractivity contribution >= 4 is 35.2 Å². The third kappa shape index (κ3) is 6.32. The quantitative estimate of drug-likeness (QED) is 0.469. The molecule has 164 valence electrons. The molecule has 0 bridgehead atoms. The Labute approximate surface area is 194 Å². The number of hydrogen-bond acceptors (Lipinski definition) is 2. The summed E-state index contributed by atoms with van der Waals surface area (Å²) in [5.41, 5.74) is 1.73. The highest BCUT2D eigenvalue weighted by molar-refractivity contribution is 6.30. The van der Waals surface area contributed by atoms with Crippen molar-refractivity contribution in [2.45, 2.75) is 32.4 Å². The number of nitrogens with one attached hydrogen (secondary N) is 1. The van der Waals surface area contributed by atoms with Crippen molar-refractivity contribution < 1.29 is 9.59 Å². The van der Waals surface area contributed by atoms with Gasteiger partial charge in [-0.3, -0.25) is 14.5 Å². The van der Waals surface area contributed by atoms with Gasteiger partial charge in [0.05, 0.1) is 0 Å². The monoisotopic (exact) mass is 446 g/mol. The van der Waals surface area contributed by atoms with Crippen LogP contribution in [0.4, 0.5) is 5.69 Å². The first-order valence-electron chi connectivity index (χ1n) is 10.4. The second-order valence-corrected chi connectivity index (χ2v) is 8.92. The van der Waals surface area contributed by atoms with Gasteiger partial charge in [0, 0.05) is 22.3 Å². The van der Waals surface area contributed by atoms with E-state index in [1.54, 1.807) is 30.3 Å². The van der Waals surface area contributed by atoms with E-state index in [4.69, 9.17) is 11.6 Å². The number of anilines is 1. The van der Waals surface area contributed by atoms with E-state index in [2.05, 4.69) is 5.32 Å². The minimum Gasteiger partial charge on any atom is -0.349 e. The number of halogens is 1. The number of para-hydroxylation sites is 1. The Balaban J connectivity index is 2.08. The fourth-order valence-electron chi connectivity index (χ4n) is 3.30. The van der Waals surface area contributed by atoms with Crippen molar-refractivity contribution in [2.24, 2.45) is 0 Å². The van der Waals surface area contributed by atoms with Crippen molar-refractivity contribution in [1.82, 2.24) is 5.32 Å². The second-order valence-electron chi connectivity index (χ2n) is 8.48. The summed E-state index contributed by atoms with van der Waals surface area (Å²) >= 11 is 6.09. The molecule has 3 aromatic rings. The van der Waals surface area contributed by atoms with Crippen LogP contribution in [-0.2, 0) is 9.59 Å². The number of hydrogen-bond donors (Lipinski definition) is 1. The molecule has 32 heavy (non-hydrogen) atoms. The van der Waals surface area contributed by atoms with E-state index in [1.165, 1.54) is 11.0 Å². The third-order valence-corrected chi connectivity index (χ3v) is 4.93. The first kappa shape index (κ1) is 23.3. The molecule has 0 fully saturated rings. The van der Waals surface area contributed by atoms with Crippen molar-refractivity contribution in [3.8, 4) is 0 Å². The van der Waals surface area contributed by atoms with Gasteiger partial charge in [0.2, 0.25) is 5.91 Å². The summed E-state index contributed by atoms with van der Waals surface area (Å²) in [5, 5.41) is 3.58. The zero-order valence-electron chi connectivity index (χ0n) is 18.5. The van der Waals surface area contributed by atoms with Gasteiger partial charge in [-0.2, -0.15) is 0 Å². The molecule has 3 rings (SSSR count). The predicted molar refractivity (Wildman–Crippen MR) is 131 cm³/mol. The molecule has 1 N–H and O–H groups in total. The molecular weight excluding hydrogens is 420 g/mol. The fraction of sp³-hybridized carbons (Fsp3) is 0.185. The molecule has 0 aliphatic heterocycles. The van der Waals surface area contributed by atoms with Crippen LogP contribution in [0.2, 0.25) is 5.02 Å². The van der Waals surface area contributed by atoms with E-state index >= 15 is 0 Å². The summed E-state index contributed by atoms with van der Waals surface area (Å²) in [6.45, 7) is 5.73. The fourth-order valence-corrected chi connectivity index (χ4v) is 3.43. The Morgan fingerprint density at radius 3 is 2.00 bits per heavy atom. The average Bonchev–Trinajstić information content (AvgIpc) is 2.76. The number of nitrogens with zero attached hydrogens (tertiary/aromatic N) is 1. The van der Waals surface area contributed by atoms with E-state index in [0.717, 1.165) is 5.56 Å². The highest BCUT2D eigenvalue weighted by Gasteiger charge is 2.33. The summed E-state index contributed by atoms with van der Waals surface area (Å²) in [4.78, 5) is 28.5. The summed E-state index contributed by atoms with van der Waals surface area (Å²) in [7, 11) is 0. The Kier molecular flexibility index (Phi) is 7.49. The van der Waals surface area contributed by atoms with E-state index in [0.29, 0.717) is 16.3 Å². The Morgan fingerprint density at radius 2 is 1.44 bits per heavy atom. The molecule has 1 unspecified atom stereocenters. The Morgan fingerprint density at radius 1 is 0.875 bits per heavy atom. The van der Waals surface area contributed by atoms with Gasteiger partial charge in [-0.25, -0.2) is 0 Å². The van der Waals surface area contributed by atoms with Crippen molar-refractivity contribution in [3.05, 3.63) is 107 Å². The van der Waals surface area contributed by atoms with Crippen LogP contribution >= 0.6 is 11.6 Å². The van der Waals surface area contributed by atoms with Gasteiger partial charge in [0.25, 0.3) is 5.91 Å². The first-order valence-corrected chi connectivity index (χ1v) is 10.8. The highest BCUT2D eigenvalue weighted by Crippen LogP contribution is 2.30. The molecule has 1 atom stereocenters. The van der Waals surface area contributed by atoms with Crippen molar-refractivity contribution in [3.63, 3.8) is 0 Å². The maximum atomic E-state index is 13.5. The second kappa shape index (κ2) is 10.3. The van der Waals surface area contributed by atoms with Crippen LogP contribution in [0, 0.1) is 0 Å². The summed E-state index contributed by atoms with van der Waals surface area (Å²) in [6, 6.07) is 24.9. The van der Waals surface area contributed by atoms with Crippen molar-refractivity contribution in [2.75, 3.05) is 4.90 Å². The molecule has 5 heteroatoms. The minimum absolute atomic E-state index is 0.273. The molecule has 0 radical (unpaired) electrons. The molecule has 3 aromatic carbocycles. The summed E-state index contributed by atoms with van der Waals surface area (Å²) < 4.78 is 0. The molecule has 0 saturated heterocycles. The van der Waals surface area contributed by atoms with Crippen molar-refractivity contribution in [1.29, 1.82) is 0 Å². The maximum Gasteiger partial charge on any atom is 0.252 e. The standard InChI is InChI=1S/C27H27ClN2O2/c1-27(2,3)29-26(32)25(21-15-17-22(28)18-16-21)30(23-12-8-5-9-13-23)24(31)19-14-20-10-6-4-7-11-20/h4-19,25H,1-3H3,(H,29,32)/b19-14+. The third-order valence-electron chi connectivity index (χ3n) is 4.68. The summed E-state index contributed by atoms with van der Waals surface area (Å²) in [6.07, 6.45) is 3.24. The number of rotatable bonds is 6. The van der Waals surface area contributed by atoms with Gasteiger partial charge in [0.1, 0.15) is 6.04 Å². The summed E-state index contributed by atoms with van der Waals surface area (Å²) in [5.74, 6) is -0.575. The zero-order chi connectivity index (χ0) is 23.1. The van der Waals surface area contributed by atoms with Gasteiger partial charge in [-0.15, -0.1) is 0 Å². The van der Waals surface area contributed by atoms with Crippen LogP contribution in [0.1, 0.15) is 37.9 Å². The van der Waals surface area contributed by atoms with E-state index in [9.17, 15) is 9.59 Å². The number of carbonyl (C=O) groups is 2. The van der Waals surface area contributed by atoms with Gasteiger partial charge in [-0.1, -0.05) is 72.3 Å². The number of amides is 2. The lowest BCUT2D eigenvalue weighted by Crippen LogP contribution is -2.49. The molecule has 0 aliphatic rings. The minimum atomic E-state index is -0.873. The molecular formula is C27H27ClN2O2. The van der Waals surface area contributed by atoms with Gasteiger partial charge in [-0.05, 0) is 62.2 Å². The lowest BCUT2D eigenvalue weighted by molar-refractivity contribution is -0.126. The normalized spacial score (nSPS) is 12.4. The lowest BCUT2D eigenvalue weighted by Gasteiger charge is -2.33. The predicted octanol–water partition coefficient (Wildman–Crippen LogP) is 6.04. The molecule has 0 saturated carbocycles.